The Hall–Kier alpha value is -1.86. The van der Waals surface area contributed by atoms with Crippen molar-refractivity contribution in [3.8, 4) is 0 Å². The van der Waals surface area contributed by atoms with Crippen molar-refractivity contribution in [3.63, 3.8) is 0 Å². The highest BCUT2D eigenvalue weighted by Gasteiger charge is 2.35. The zero-order chi connectivity index (χ0) is 23.8. The van der Waals surface area contributed by atoms with E-state index in [0.717, 1.165) is 37.1 Å². The van der Waals surface area contributed by atoms with Gasteiger partial charge in [-0.2, -0.15) is 13.2 Å². The first-order valence-corrected chi connectivity index (χ1v) is 11.2. The molecule has 0 bridgehead atoms. The van der Waals surface area contributed by atoms with E-state index in [-0.39, 0.29) is 12.6 Å². The zero-order valence-electron chi connectivity index (χ0n) is 19.4. The highest BCUT2D eigenvalue weighted by atomic mass is 19.4. The van der Waals surface area contributed by atoms with Crippen LogP contribution < -0.4 is 5.32 Å². The fraction of sp³-hybridized carbons (Fsp3) is 0.600. The van der Waals surface area contributed by atoms with Crippen LogP contribution in [0.25, 0.3) is 0 Å². The number of nitrogens with one attached hydrogen (secondary N) is 1. The van der Waals surface area contributed by atoms with Crippen molar-refractivity contribution in [3.05, 3.63) is 59.9 Å². The van der Waals surface area contributed by atoms with Gasteiger partial charge in [0, 0.05) is 37.0 Å². The van der Waals surface area contributed by atoms with Gasteiger partial charge in [0.05, 0.1) is 13.2 Å². The third kappa shape index (κ3) is 8.24. The van der Waals surface area contributed by atoms with Gasteiger partial charge in [0.2, 0.25) is 0 Å². The molecule has 1 fully saturated rings. The number of likely N-dealkylation sites (tertiary alicyclic amines) is 1. The predicted molar refractivity (Wildman–Crippen MR) is 121 cm³/mol. The molecule has 1 N–H and O–H groups in total. The maximum absolute atomic E-state index is 13.0. The van der Waals surface area contributed by atoms with Crippen molar-refractivity contribution in [1.82, 2.24) is 10.2 Å². The van der Waals surface area contributed by atoms with Gasteiger partial charge in [-0.1, -0.05) is 64.1 Å². The molecule has 180 valence electrons. The molecule has 1 aliphatic rings. The molecule has 3 nitrogen and oxygen atoms in total. The topological polar surface area (TPSA) is 24.5 Å². The van der Waals surface area contributed by atoms with Crippen LogP contribution in [-0.4, -0.2) is 50.5 Å². The van der Waals surface area contributed by atoms with Crippen molar-refractivity contribution in [2.75, 3.05) is 39.5 Å². The quantitative estimate of drug-likeness (QED) is 0.229. The molecule has 1 atom stereocenters. The molecule has 0 aromatic heterocycles. The molecule has 0 unspecified atom stereocenters. The van der Waals surface area contributed by atoms with Crippen molar-refractivity contribution >= 4 is 0 Å². The Kier molecular flexibility index (Phi) is 9.77. The van der Waals surface area contributed by atoms with Gasteiger partial charge in [-0.15, -0.1) is 0 Å². The maximum atomic E-state index is 13.0. The van der Waals surface area contributed by atoms with E-state index >= 15 is 0 Å². The Bertz CT molecular complexity index is 755. The third-order valence-corrected chi connectivity index (χ3v) is 5.78. The van der Waals surface area contributed by atoms with Crippen LogP contribution in [0.5, 0.6) is 0 Å². The largest absolute Gasteiger partial charge is 0.493 e. The zero-order valence-corrected chi connectivity index (χ0v) is 19.4. The summed E-state index contributed by atoms with van der Waals surface area (Å²) < 4.78 is 57.2. The summed E-state index contributed by atoms with van der Waals surface area (Å²) in [7, 11) is 0. The Morgan fingerprint density at radius 1 is 1.28 bits per heavy atom. The van der Waals surface area contributed by atoms with E-state index in [1.54, 1.807) is 6.08 Å². The predicted octanol–water partition coefficient (Wildman–Crippen LogP) is 5.85. The first-order chi connectivity index (χ1) is 15.1. The number of hydrogen-bond acceptors (Lipinski definition) is 3. The second kappa shape index (κ2) is 11.8. The first-order valence-electron chi connectivity index (χ1n) is 11.2. The fourth-order valence-corrected chi connectivity index (χ4v) is 4.02. The van der Waals surface area contributed by atoms with Gasteiger partial charge in [0.25, 0.3) is 0 Å². The average molecular weight is 457 g/mol. The second-order valence-electron chi connectivity index (χ2n) is 9.13. The molecule has 1 aromatic carbocycles. The molecule has 2 rings (SSSR count). The monoisotopic (exact) mass is 456 g/mol. The van der Waals surface area contributed by atoms with Crippen LogP contribution in [0.2, 0.25) is 0 Å². The lowest BCUT2D eigenvalue weighted by molar-refractivity contribution is -0.127. The lowest BCUT2D eigenvalue weighted by Crippen LogP contribution is -2.48. The highest BCUT2D eigenvalue weighted by molar-refractivity contribution is 5.33. The molecule has 1 aromatic rings. The summed E-state index contributed by atoms with van der Waals surface area (Å²) in [6.07, 6.45) is 0.991. The van der Waals surface area contributed by atoms with Crippen LogP contribution >= 0.6 is 0 Å². The van der Waals surface area contributed by atoms with E-state index in [0.29, 0.717) is 18.9 Å². The number of rotatable bonds is 13. The van der Waals surface area contributed by atoms with Gasteiger partial charge in [-0.05, 0) is 23.6 Å². The molecular formula is C25H36F4N2O. The molecule has 0 radical (unpaired) electrons. The van der Waals surface area contributed by atoms with Gasteiger partial charge in [-0.25, -0.2) is 0 Å². The van der Waals surface area contributed by atoms with Crippen molar-refractivity contribution in [2.24, 2.45) is 11.3 Å². The minimum atomic E-state index is -4.30. The number of benzene rings is 1. The van der Waals surface area contributed by atoms with E-state index in [1.807, 2.05) is 44.2 Å². The SMILES string of the molecule is C=C(/C=C\C(C)(C)[C@H](NCC(F)(F)F)c1ccccc1CCC)OCCN1CC(CF)C1. The smallest absolute Gasteiger partial charge is 0.401 e. The molecule has 1 aliphatic heterocycles. The summed E-state index contributed by atoms with van der Waals surface area (Å²) >= 11 is 0. The summed E-state index contributed by atoms with van der Waals surface area (Å²) in [5.74, 6) is 0.590. The number of allylic oxidation sites excluding steroid dienone is 1. The van der Waals surface area contributed by atoms with Crippen LogP contribution in [0, 0.1) is 11.3 Å². The van der Waals surface area contributed by atoms with Crippen molar-refractivity contribution < 1.29 is 22.3 Å². The van der Waals surface area contributed by atoms with E-state index in [9.17, 15) is 17.6 Å². The maximum Gasteiger partial charge on any atom is 0.401 e. The van der Waals surface area contributed by atoms with Gasteiger partial charge >= 0.3 is 6.18 Å². The second-order valence-corrected chi connectivity index (χ2v) is 9.13. The summed E-state index contributed by atoms with van der Waals surface area (Å²) in [4.78, 5) is 2.12. The van der Waals surface area contributed by atoms with Crippen LogP contribution in [0.1, 0.15) is 44.4 Å². The molecule has 0 saturated carbocycles. The molecule has 1 heterocycles. The number of halogens is 4. The van der Waals surface area contributed by atoms with Crippen LogP contribution in [0.15, 0.2) is 48.8 Å². The van der Waals surface area contributed by atoms with Gasteiger partial charge < -0.3 is 10.1 Å². The summed E-state index contributed by atoms with van der Waals surface area (Å²) in [6.45, 7) is 11.1. The van der Waals surface area contributed by atoms with Crippen LogP contribution in [0.3, 0.4) is 0 Å². The van der Waals surface area contributed by atoms with E-state index < -0.39 is 24.2 Å². The molecule has 1 saturated heterocycles. The van der Waals surface area contributed by atoms with E-state index in [2.05, 4.69) is 23.7 Å². The number of ether oxygens (including phenoxy) is 1. The molecule has 0 aliphatic carbocycles. The first kappa shape index (κ1) is 26.4. The van der Waals surface area contributed by atoms with Gasteiger partial charge in [0.15, 0.2) is 0 Å². The molecule has 0 amide bonds. The number of hydrogen-bond donors (Lipinski definition) is 1. The third-order valence-electron chi connectivity index (χ3n) is 5.78. The Labute approximate surface area is 189 Å². The number of aryl methyl sites for hydroxylation is 1. The standard InChI is InChI=1S/C25H36F4N2O/c1-5-8-21-9-6-7-10-22(21)23(30-18-25(27,28)29)24(3,4)12-11-19(2)32-14-13-31-16-20(15-26)17-31/h6-7,9-12,20,23,30H,2,5,8,13-18H2,1,3-4H3/b12-11-/t23-/m1/s1. The minimum Gasteiger partial charge on any atom is -0.493 e. The van der Waals surface area contributed by atoms with Crippen molar-refractivity contribution in [1.29, 1.82) is 0 Å². The molecular weight excluding hydrogens is 420 g/mol. The van der Waals surface area contributed by atoms with Crippen molar-refractivity contribution in [2.45, 2.75) is 45.8 Å². The number of nitrogens with zero attached hydrogens (tertiary/aromatic N) is 1. The average Bonchev–Trinajstić information content (AvgIpc) is 2.68. The summed E-state index contributed by atoms with van der Waals surface area (Å²) in [6, 6.07) is 7.13. The summed E-state index contributed by atoms with van der Waals surface area (Å²) in [5.41, 5.74) is 1.29. The van der Waals surface area contributed by atoms with E-state index in [1.165, 1.54) is 0 Å². The molecule has 7 heteroatoms. The lowest BCUT2D eigenvalue weighted by Gasteiger charge is -2.37. The van der Waals surface area contributed by atoms with Gasteiger partial charge in [0.1, 0.15) is 12.4 Å². The Morgan fingerprint density at radius 2 is 1.97 bits per heavy atom. The van der Waals surface area contributed by atoms with E-state index in [4.69, 9.17) is 4.74 Å². The number of alkyl halides is 4. The normalized spacial score (nSPS) is 16.8. The van der Waals surface area contributed by atoms with Crippen LogP contribution in [0.4, 0.5) is 17.6 Å². The molecule has 0 spiro atoms. The fourth-order valence-electron chi connectivity index (χ4n) is 4.02. The minimum absolute atomic E-state index is 0.135. The summed E-state index contributed by atoms with van der Waals surface area (Å²) in [5, 5.41) is 2.74. The highest BCUT2D eigenvalue weighted by Crippen LogP contribution is 2.37. The van der Waals surface area contributed by atoms with Gasteiger partial charge in [-0.3, -0.25) is 9.29 Å². The Morgan fingerprint density at radius 3 is 2.59 bits per heavy atom. The molecule has 32 heavy (non-hydrogen) atoms. The van der Waals surface area contributed by atoms with Crippen LogP contribution in [-0.2, 0) is 11.2 Å². The Balaban J connectivity index is 2.05. The lowest BCUT2D eigenvalue weighted by atomic mass is 9.78.